The van der Waals surface area contributed by atoms with Gasteiger partial charge < -0.3 is 4.90 Å². The fourth-order valence-electron chi connectivity index (χ4n) is 3.17. The molecule has 0 saturated carbocycles. The Balaban J connectivity index is 1.83. The molecule has 4 aromatic carbocycles. The summed E-state index contributed by atoms with van der Waals surface area (Å²) in [6.07, 6.45) is 0. The van der Waals surface area contributed by atoms with Crippen molar-refractivity contribution >= 4 is 17.1 Å². The minimum absolute atomic E-state index is 1.15. The highest BCUT2D eigenvalue weighted by Crippen LogP contribution is 2.36. The molecule has 126 valence electrons. The van der Waals surface area contributed by atoms with Gasteiger partial charge in [-0.3, -0.25) is 0 Å². The molecule has 0 atom stereocenters. The van der Waals surface area contributed by atoms with Gasteiger partial charge in [-0.05, 0) is 54.4 Å². The normalized spacial score (nSPS) is 10.5. The van der Waals surface area contributed by atoms with Crippen LogP contribution in [0.3, 0.4) is 0 Å². The van der Waals surface area contributed by atoms with Crippen molar-refractivity contribution in [3.05, 3.63) is 115 Å². The third-order valence-corrected chi connectivity index (χ3v) is 4.52. The molecule has 0 fully saturated rings. The Bertz CT molecular complexity index is 973. The van der Waals surface area contributed by atoms with Crippen molar-refractivity contribution in [1.29, 1.82) is 0 Å². The molecule has 0 bridgehead atoms. The van der Waals surface area contributed by atoms with Crippen molar-refractivity contribution < 1.29 is 0 Å². The van der Waals surface area contributed by atoms with Crippen molar-refractivity contribution in [2.24, 2.45) is 0 Å². The lowest BCUT2D eigenvalue weighted by Crippen LogP contribution is -2.09. The molecular formula is C25H21N. The van der Waals surface area contributed by atoms with Crippen LogP contribution >= 0.6 is 0 Å². The molecule has 0 radical (unpaired) electrons. The number of benzene rings is 4. The Hall–Kier alpha value is -3.32. The summed E-state index contributed by atoms with van der Waals surface area (Å²) in [6, 6.07) is 38.4. The largest absolute Gasteiger partial charge is 0.310 e. The number of aryl methyl sites for hydroxylation is 1. The fraction of sp³-hybridized carbons (Fsp3) is 0.0400. The Kier molecular flexibility index (Phi) is 4.53. The van der Waals surface area contributed by atoms with Gasteiger partial charge in [0.15, 0.2) is 0 Å². The van der Waals surface area contributed by atoms with E-state index >= 15 is 0 Å². The molecule has 0 N–H and O–H groups in total. The summed E-state index contributed by atoms with van der Waals surface area (Å²) in [4.78, 5) is 2.30. The molecule has 0 aromatic heterocycles. The van der Waals surface area contributed by atoms with Crippen molar-refractivity contribution in [3.63, 3.8) is 0 Å². The summed E-state index contributed by atoms with van der Waals surface area (Å²) >= 11 is 0. The van der Waals surface area contributed by atoms with Crippen LogP contribution in [0, 0.1) is 6.92 Å². The van der Waals surface area contributed by atoms with Crippen LogP contribution in [0.5, 0.6) is 0 Å². The van der Waals surface area contributed by atoms with E-state index in [2.05, 4.69) is 121 Å². The molecule has 0 saturated heterocycles. The van der Waals surface area contributed by atoms with Gasteiger partial charge in [0.05, 0.1) is 0 Å². The van der Waals surface area contributed by atoms with Crippen molar-refractivity contribution in [2.75, 3.05) is 4.90 Å². The van der Waals surface area contributed by atoms with Crippen LogP contribution in [0.15, 0.2) is 109 Å². The first-order valence-corrected chi connectivity index (χ1v) is 8.88. The topological polar surface area (TPSA) is 3.24 Å². The molecule has 0 unspecified atom stereocenters. The van der Waals surface area contributed by atoms with E-state index < -0.39 is 0 Å². The lowest BCUT2D eigenvalue weighted by atomic mass is 10.0. The van der Waals surface area contributed by atoms with E-state index in [0.717, 1.165) is 17.1 Å². The van der Waals surface area contributed by atoms with Crippen LogP contribution < -0.4 is 4.90 Å². The molecule has 26 heavy (non-hydrogen) atoms. The second-order valence-electron chi connectivity index (χ2n) is 6.42. The van der Waals surface area contributed by atoms with Crippen LogP contribution in [0.25, 0.3) is 11.1 Å². The summed E-state index contributed by atoms with van der Waals surface area (Å²) in [7, 11) is 0. The molecular weight excluding hydrogens is 314 g/mol. The molecule has 4 aromatic rings. The fourth-order valence-corrected chi connectivity index (χ4v) is 3.17. The van der Waals surface area contributed by atoms with Gasteiger partial charge in [0.25, 0.3) is 0 Å². The molecule has 0 aliphatic rings. The van der Waals surface area contributed by atoms with Gasteiger partial charge >= 0.3 is 0 Å². The number of para-hydroxylation sites is 1. The molecule has 0 aliphatic heterocycles. The zero-order valence-corrected chi connectivity index (χ0v) is 14.8. The van der Waals surface area contributed by atoms with Gasteiger partial charge in [-0.1, -0.05) is 78.4 Å². The third kappa shape index (κ3) is 3.38. The molecule has 0 heterocycles. The number of hydrogen-bond donors (Lipinski definition) is 0. The van der Waals surface area contributed by atoms with E-state index in [1.54, 1.807) is 0 Å². The number of nitrogens with zero attached hydrogens (tertiary/aromatic N) is 1. The standard InChI is InChI=1S/C25H21N/c1-20-15-17-24(18-16-20)26(23-12-6-3-7-13-23)25-14-8-11-22(19-25)21-9-4-2-5-10-21/h2-19H,1H3. The van der Waals surface area contributed by atoms with E-state index in [1.807, 2.05) is 0 Å². The first-order chi connectivity index (χ1) is 12.8. The first-order valence-electron chi connectivity index (χ1n) is 8.88. The van der Waals surface area contributed by atoms with Crippen LogP contribution in [-0.2, 0) is 0 Å². The zero-order valence-electron chi connectivity index (χ0n) is 14.8. The highest BCUT2D eigenvalue weighted by atomic mass is 15.1. The first kappa shape index (κ1) is 16.2. The van der Waals surface area contributed by atoms with Crippen LogP contribution in [0.4, 0.5) is 17.1 Å². The molecule has 0 aliphatic carbocycles. The second kappa shape index (κ2) is 7.28. The molecule has 4 rings (SSSR count). The minimum Gasteiger partial charge on any atom is -0.310 e. The highest BCUT2D eigenvalue weighted by molar-refractivity contribution is 5.79. The molecule has 0 amide bonds. The van der Waals surface area contributed by atoms with E-state index in [0.29, 0.717) is 0 Å². The number of rotatable bonds is 4. The van der Waals surface area contributed by atoms with E-state index in [-0.39, 0.29) is 0 Å². The van der Waals surface area contributed by atoms with Crippen molar-refractivity contribution in [2.45, 2.75) is 6.92 Å². The second-order valence-corrected chi connectivity index (χ2v) is 6.42. The van der Waals surface area contributed by atoms with Gasteiger partial charge in [0.1, 0.15) is 0 Å². The monoisotopic (exact) mass is 335 g/mol. The summed E-state index contributed by atoms with van der Waals surface area (Å²) in [5.74, 6) is 0. The van der Waals surface area contributed by atoms with E-state index in [1.165, 1.54) is 16.7 Å². The summed E-state index contributed by atoms with van der Waals surface area (Å²) in [5, 5.41) is 0. The Morgan fingerprint density at radius 3 is 1.69 bits per heavy atom. The lowest BCUT2D eigenvalue weighted by molar-refractivity contribution is 1.27. The quantitative estimate of drug-likeness (QED) is 0.383. The average Bonchev–Trinajstić information content (AvgIpc) is 2.71. The van der Waals surface area contributed by atoms with Gasteiger partial charge in [0.2, 0.25) is 0 Å². The maximum Gasteiger partial charge on any atom is 0.0467 e. The van der Waals surface area contributed by atoms with E-state index in [9.17, 15) is 0 Å². The summed E-state index contributed by atoms with van der Waals surface area (Å²) in [6.45, 7) is 2.12. The molecule has 1 nitrogen and oxygen atoms in total. The Labute approximate surface area is 155 Å². The maximum atomic E-state index is 2.30. The van der Waals surface area contributed by atoms with Gasteiger partial charge in [0, 0.05) is 17.1 Å². The Morgan fingerprint density at radius 1 is 0.462 bits per heavy atom. The predicted molar refractivity (Wildman–Crippen MR) is 111 cm³/mol. The van der Waals surface area contributed by atoms with Crippen molar-refractivity contribution in [3.8, 4) is 11.1 Å². The number of hydrogen-bond acceptors (Lipinski definition) is 1. The van der Waals surface area contributed by atoms with E-state index in [4.69, 9.17) is 0 Å². The van der Waals surface area contributed by atoms with Gasteiger partial charge in [-0.2, -0.15) is 0 Å². The average molecular weight is 335 g/mol. The smallest absolute Gasteiger partial charge is 0.0467 e. The van der Waals surface area contributed by atoms with Gasteiger partial charge in [-0.25, -0.2) is 0 Å². The third-order valence-electron chi connectivity index (χ3n) is 4.52. The SMILES string of the molecule is Cc1ccc(N(c2ccccc2)c2cccc(-c3ccccc3)c2)cc1. The van der Waals surface area contributed by atoms with Crippen LogP contribution in [-0.4, -0.2) is 0 Å². The summed E-state index contributed by atoms with van der Waals surface area (Å²) in [5.41, 5.74) is 7.18. The molecule has 0 spiro atoms. The van der Waals surface area contributed by atoms with Crippen LogP contribution in [0.1, 0.15) is 5.56 Å². The van der Waals surface area contributed by atoms with Gasteiger partial charge in [-0.15, -0.1) is 0 Å². The van der Waals surface area contributed by atoms with Crippen molar-refractivity contribution in [1.82, 2.24) is 0 Å². The predicted octanol–water partition coefficient (Wildman–Crippen LogP) is 7.13. The zero-order chi connectivity index (χ0) is 17.8. The van der Waals surface area contributed by atoms with Crippen LogP contribution in [0.2, 0.25) is 0 Å². The summed E-state index contributed by atoms with van der Waals surface area (Å²) < 4.78 is 0. The molecule has 1 heteroatoms. The lowest BCUT2D eigenvalue weighted by Gasteiger charge is -2.26. The Morgan fingerprint density at radius 2 is 1.00 bits per heavy atom. The maximum absolute atomic E-state index is 2.30. The minimum atomic E-state index is 1.15. The number of anilines is 3. The highest BCUT2D eigenvalue weighted by Gasteiger charge is 2.12.